The smallest absolute Gasteiger partial charge is 0.338 e. The fourth-order valence-electron chi connectivity index (χ4n) is 3.63. The van der Waals surface area contributed by atoms with Crippen molar-refractivity contribution < 1.29 is 38.1 Å². The van der Waals surface area contributed by atoms with Crippen LogP contribution in [0.25, 0.3) is 0 Å². The average molecular weight is 476 g/mol. The molecule has 3 aromatic carbocycles. The van der Waals surface area contributed by atoms with Crippen LogP contribution in [0.15, 0.2) is 91.0 Å². The van der Waals surface area contributed by atoms with Crippen LogP contribution < -0.4 is 0 Å². The van der Waals surface area contributed by atoms with E-state index in [1.54, 1.807) is 91.0 Å². The Morgan fingerprint density at radius 3 is 1.54 bits per heavy atom. The molecular formula is C27H24O8. The minimum absolute atomic E-state index is 0.250. The molecule has 0 saturated carbocycles. The highest BCUT2D eigenvalue weighted by Crippen LogP contribution is 2.29. The average Bonchev–Trinajstić information content (AvgIpc) is 3.24. The summed E-state index contributed by atoms with van der Waals surface area (Å²) in [4.78, 5) is 38.0. The molecule has 8 nitrogen and oxygen atoms in total. The van der Waals surface area contributed by atoms with E-state index in [1.807, 2.05) is 0 Å². The Morgan fingerprint density at radius 2 is 1.09 bits per heavy atom. The molecule has 35 heavy (non-hydrogen) atoms. The van der Waals surface area contributed by atoms with Gasteiger partial charge >= 0.3 is 17.9 Å². The summed E-state index contributed by atoms with van der Waals surface area (Å²) >= 11 is 0. The van der Waals surface area contributed by atoms with Crippen molar-refractivity contribution in [2.75, 3.05) is 13.7 Å². The Morgan fingerprint density at radius 1 is 0.657 bits per heavy atom. The van der Waals surface area contributed by atoms with Crippen LogP contribution in [0.3, 0.4) is 0 Å². The second-order valence-electron chi connectivity index (χ2n) is 7.72. The van der Waals surface area contributed by atoms with Crippen molar-refractivity contribution in [2.24, 2.45) is 0 Å². The fraction of sp³-hybridized carbons (Fsp3) is 0.222. The molecule has 0 radical (unpaired) electrons. The van der Waals surface area contributed by atoms with Crippen LogP contribution in [-0.2, 0) is 23.7 Å². The summed E-state index contributed by atoms with van der Waals surface area (Å²) in [5, 5.41) is 0. The normalized spacial score (nSPS) is 21.2. The predicted octanol–water partition coefficient (Wildman–Crippen LogP) is 3.67. The number of methoxy groups -OCH3 is 1. The van der Waals surface area contributed by atoms with Crippen molar-refractivity contribution in [3.8, 4) is 0 Å². The second-order valence-corrected chi connectivity index (χ2v) is 7.72. The highest BCUT2D eigenvalue weighted by atomic mass is 16.7. The molecule has 4 rings (SSSR count). The molecule has 0 aromatic heterocycles. The summed E-state index contributed by atoms with van der Waals surface area (Å²) in [6.45, 7) is -0.250. The molecular weight excluding hydrogens is 452 g/mol. The quantitative estimate of drug-likeness (QED) is 0.359. The van der Waals surface area contributed by atoms with Crippen molar-refractivity contribution in [3.63, 3.8) is 0 Å². The van der Waals surface area contributed by atoms with Crippen molar-refractivity contribution in [3.05, 3.63) is 108 Å². The molecule has 0 aliphatic carbocycles. The lowest BCUT2D eigenvalue weighted by atomic mass is 10.1. The van der Waals surface area contributed by atoms with Gasteiger partial charge in [-0.1, -0.05) is 54.6 Å². The number of ether oxygens (including phenoxy) is 5. The first-order valence-electron chi connectivity index (χ1n) is 11.0. The molecule has 0 amide bonds. The van der Waals surface area contributed by atoms with E-state index in [-0.39, 0.29) is 6.61 Å². The largest absolute Gasteiger partial charge is 0.459 e. The molecule has 0 unspecified atom stereocenters. The van der Waals surface area contributed by atoms with Gasteiger partial charge in [0.1, 0.15) is 12.7 Å². The number of hydrogen-bond donors (Lipinski definition) is 0. The minimum Gasteiger partial charge on any atom is -0.459 e. The van der Waals surface area contributed by atoms with Gasteiger partial charge in [0.25, 0.3) is 0 Å². The Bertz CT molecular complexity index is 1130. The lowest BCUT2D eigenvalue weighted by Gasteiger charge is -2.24. The SMILES string of the molecule is CO[C@H]1O[C@H](COC(=O)c2ccccc2)[C@H](OC(=O)c2ccccc2)[C@@H]1OC(=O)c1ccccc1. The van der Waals surface area contributed by atoms with E-state index in [0.29, 0.717) is 16.7 Å². The maximum Gasteiger partial charge on any atom is 0.338 e. The van der Waals surface area contributed by atoms with Crippen molar-refractivity contribution in [2.45, 2.75) is 24.6 Å². The van der Waals surface area contributed by atoms with Gasteiger partial charge in [-0.15, -0.1) is 0 Å². The first-order chi connectivity index (χ1) is 17.1. The number of esters is 3. The van der Waals surface area contributed by atoms with Gasteiger partial charge in [0.05, 0.1) is 16.7 Å². The van der Waals surface area contributed by atoms with Gasteiger partial charge in [0, 0.05) is 7.11 Å². The maximum atomic E-state index is 12.8. The van der Waals surface area contributed by atoms with E-state index in [1.165, 1.54) is 7.11 Å². The van der Waals surface area contributed by atoms with Crippen LogP contribution in [0.5, 0.6) is 0 Å². The van der Waals surface area contributed by atoms with E-state index < -0.39 is 42.5 Å². The van der Waals surface area contributed by atoms with Crippen molar-refractivity contribution in [1.82, 2.24) is 0 Å². The lowest BCUT2D eigenvalue weighted by molar-refractivity contribution is -0.155. The van der Waals surface area contributed by atoms with Crippen LogP contribution in [0.4, 0.5) is 0 Å². The van der Waals surface area contributed by atoms with Gasteiger partial charge in [-0.2, -0.15) is 0 Å². The van der Waals surface area contributed by atoms with E-state index in [9.17, 15) is 14.4 Å². The van der Waals surface area contributed by atoms with E-state index >= 15 is 0 Å². The van der Waals surface area contributed by atoms with Crippen molar-refractivity contribution in [1.29, 1.82) is 0 Å². The Hall–Kier alpha value is -4.01. The molecule has 0 N–H and O–H groups in total. The molecule has 3 aromatic rings. The highest BCUT2D eigenvalue weighted by Gasteiger charge is 2.50. The van der Waals surface area contributed by atoms with Crippen LogP contribution in [0.1, 0.15) is 31.1 Å². The van der Waals surface area contributed by atoms with Gasteiger partial charge in [-0.3, -0.25) is 0 Å². The predicted molar refractivity (Wildman–Crippen MR) is 124 cm³/mol. The van der Waals surface area contributed by atoms with Crippen LogP contribution in [-0.4, -0.2) is 56.2 Å². The summed E-state index contributed by atoms with van der Waals surface area (Å²) in [7, 11) is 1.38. The highest BCUT2D eigenvalue weighted by molar-refractivity contribution is 5.90. The van der Waals surface area contributed by atoms with Gasteiger partial charge in [0.2, 0.25) is 0 Å². The molecule has 8 heteroatoms. The molecule has 180 valence electrons. The number of benzene rings is 3. The zero-order chi connectivity index (χ0) is 24.6. The number of carbonyl (C=O) groups excluding carboxylic acids is 3. The third-order valence-electron chi connectivity index (χ3n) is 5.39. The van der Waals surface area contributed by atoms with Gasteiger partial charge in [0.15, 0.2) is 18.5 Å². The van der Waals surface area contributed by atoms with Gasteiger partial charge < -0.3 is 23.7 Å². The second kappa shape index (κ2) is 11.4. The van der Waals surface area contributed by atoms with Crippen LogP contribution in [0, 0.1) is 0 Å². The first kappa shape index (κ1) is 24.1. The lowest BCUT2D eigenvalue weighted by Crippen LogP contribution is -2.42. The molecule has 1 aliphatic rings. The summed E-state index contributed by atoms with van der Waals surface area (Å²) in [5.74, 6) is -1.85. The Kier molecular flexibility index (Phi) is 7.87. The zero-order valence-electron chi connectivity index (χ0n) is 18.9. The standard InChI is InChI=1S/C27H24O8/c1-31-27-23(35-26(30)20-15-9-4-10-16-20)22(34-25(29)19-13-7-3-8-14-19)21(33-27)17-32-24(28)18-11-5-2-6-12-18/h2-16,21-23,27H,17H2,1H3/t21-,22+,23+,27+/m1/s1. The van der Waals surface area contributed by atoms with E-state index in [4.69, 9.17) is 23.7 Å². The van der Waals surface area contributed by atoms with Crippen LogP contribution >= 0.6 is 0 Å². The monoisotopic (exact) mass is 476 g/mol. The molecule has 1 fully saturated rings. The van der Waals surface area contributed by atoms with Gasteiger partial charge in [-0.25, -0.2) is 14.4 Å². The summed E-state index contributed by atoms with van der Waals surface area (Å²) in [5.41, 5.74) is 0.981. The maximum absolute atomic E-state index is 12.8. The molecule has 1 saturated heterocycles. The third-order valence-corrected chi connectivity index (χ3v) is 5.39. The number of carbonyl (C=O) groups is 3. The molecule has 4 atom stereocenters. The molecule has 1 heterocycles. The topological polar surface area (TPSA) is 97.4 Å². The third kappa shape index (κ3) is 5.92. The first-order valence-corrected chi connectivity index (χ1v) is 11.0. The van der Waals surface area contributed by atoms with Gasteiger partial charge in [-0.05, 0) is 36.4 Å². The summed E-state index contributed by atoms with van der Waals surface area (Å²) in [6, 6.07) is 25.2. The number of hydrogen-bond acceptors (Lipinski definition) is 8. The zero-order valence-corrected chi connectivity index (χ0v) is 18.9. The summed E-state index contributed by atoms with van der Waals surface area (Å²) < 4.78 is 28.0. The van der Waals surface area contributed by atoms with Crippen molar-refractivity contribution >= 4 is 17.9 Å². The molecule has 1 aliphatic heterocycles. The Balaban J connectivity index is 1.54. The fourth-order valence-corrected chi connectivity index (χ4v) is 3.63. The van der Waals surface area contributed by atoms with E-state index in [0.717, 1.165) is 0 Å². The molecule has 0 bridgehead atoms. The van der Waals surface area contributed by atoms with E-state index in [2.05, 4.69) is 0 Å². The van der Waals surface area contributed by atoms with Crippen LogP contribution in [0.2, 0.25) is 0 Å². The minimum atomic E-state index is -1.10. The Labute approximate surface area is 202 Å². The molecule has 0 spiro atoms. The summed E-state index contributed by atoms with van der Waals surface area (Å²) in [6.07, 6.45) is -4.17. The number of rotatable bonds is 8.